The van der Waals surface area contributed by atoms with Gasteiger partial charge in [0.15, 0.2) is 11.6 Å². The van der Waals surface area contributed by atoms with E-state index >= 15 is 0 Å². The Kier molecular flexibility index (Phi) is 5.78. The molecule has 0 aliphatic heterocycles. The summed E-state index contributed by atoms with van der Waals surface area (Å²) in [7, 11) is 0. The first kappa shape index (κ1) is 17.5. The molecule has 124 valence electrons. The van der Waals surface area contributed by atoms with Crippen LogP contribution in [-0.2, 0) is 6.61 Å². The normalized spacial score (nSPS) is 12.9. The van der Waals surface area contributed by atoms with E-state index in [2.05, 4.69) is 20.8 Å². The average molecular weight is 316 g/mol. The SMILES string of the molecule is CC(C)(C)CC[C@H](O)c1cccc(OCc2ccccc2)c1F. The van der Waals surface area contributed by atoms with Crippen molar-refractivity contribution >= 4 is 0 Å². The van der Waals surface area contributed by atoms with Gasteiger partial charge in [-0.2, -0.15) is 0 Å². The van der Waals surface area contributed by atoms with Crippen LogP contribution in [0.15, 0.2) is 48.5 Å². The Morgan fingerprint density at radius 3 is 2.39 bits per heavy atom. The molecule has 2 nitrogen and oxygen atoms in total. The predicted molar refractivity (Wildman–Crippen MR) is 90.8 cm³/mol. The molecule has 2 aromatic rings. The highest BCUT2D eigenvalue weighted by molar-refractivity contribution is 5.32. The highest BCUT2D eigenvalue weighted by Crippen LogP contribution is 2.31. The number of hydrogen-bond acceptors (Lipinski definition) is 2. The minimum atomic E-state index is -0.811. The molecule has 0 aromatic heterocycles. The van der Waals surface area contributed by atoms with E-state index in [0.717, 1.165) is 12.0 Å². The van der Waals surface area contributed by atoms with Crippen LogP contribution in [0.5, 0.6) is 5.75 Å². The van der Waals surface area contributed by atoms with Crippen molar-refractivity contribution in [3.05, 3.63) is 65.5 Å². The highest BCUT2D eigenvalue weighted by Gasteiger charge is 2.19. The Balaban J connectivity index is 2.05. The zero-order chi connectivity index (χ0) is 16.9. The maximum Gasteiger partial charge on any atom is 0.170 e. The summed E-state index contributed by atoms with van der Waals surface area (Å²) in [6.07, 6.45) is 0.542. The van der Waals surface area contributed by atoms with Crippen molar-refractivity contribution in [2.24, 2.45) is 5.41 Å². The summed E-state index contributed by atoms with van der Waals surface area (Å²) >= 11 is 0. The largest absolute Gasteiger partial charge is 0.486 e. The van der Waals surface area contributed by atoms with E-state index in [9.17, 15) is 9.50 Å². The molecule has 2 rings (SSSR count). The molecule has 0 unspecified atom stereocenters. The summed E-state index contributed by atoms with van der Waals surface area (Å²) in [6, 6.07) is 14.6. The van der Waals surface area contributed by atoms with Gasteiger partial charge in [0.1, 0.15) is 6.61 Å². The number of hydrogen-bond donors (Lipinski definition) is 1. The van der Waals surface area contributed by atoms with Crippen LogP contribution in [0.1, 0.15) is 50.8 Å². The van der Waals surface area contributed by atoms with Crippen molar-refractivity contribution in [3.8, 4) is 5.75 Å². The van der Waals surface area contributed by atoms with E-state index in [1.165, 1.54) is 0 Å². The molecule has 0 heterocycles. The molecular formula is C20H25FO2. The lowest BCUT2D eigenvalue weighted by atomic mass is 9.88. The zero-order valence-electron chi connectivity index (χ0n) is 14.1. The van der Waals surface area contributed by atoms with Crippen molar-refractivity contribution in [1.29, 1.82) is 0 Å². The van der Waals surface area contributed by atoms with Crippen molar-refractivity contribution in [1.82, 2.24) is 0 Å². The van der Waals surface area contributed by atoms with Crippen LogP contribution in [0.4, 0.5) is 4.39 Å². The fraction of sp³-hybridized carbons (Fsp3) is 0.400. The summed E-state index contributed by atoms with van der Waals surface area (Å²) in [5.41, 5.74) is 1.39. The molecule has 0 aliphatic rings. The molecule has 1 N–H and O–H groups in total. The van der Waals surface area contributed by atoms with Gasteiger partial charge in [-0.05, 0) is 29.9 Å². The molecule has 2 aromatic carbocycles. The minimum Gasteiger partial charge on any atom is -0.486 e. The van der Waals surface area contributed by atoms with Gasteiger partial charge in [0, 0.05) is 5.56 Å². The second kappa shape index (κ2) is 7.60. The number of rotatable bonds is 6. The van der Waals surface area contributed by atoms with E-state index in [-0.39, 0.29) is 11.2 Å². The molecule has 0 bridgehead atoms. The maximum atomic E-state index is 14.6. The van der Waals surface area contributed by atoms with Gasteiger partial charge in [0.2, 0.25) is 0 Å². The third-order valence-corrected chi connectivity index (χ3v) is 3.76. The summed E-state index contributed by atoms with van der Waals surface area (Å²) in [5, 5.41) is 10.3. The third-order valence-electron chi connectivity index (χ3n) is 3.76. The number of halogens is 1. The lowest BCUT2D eigenvalue weighted by molar-refractivity contribution is 0.142. The second-order valence-electron chi connectivity index (χ2n) is 7.05. The second-order valence-corrected chi connectivity index (χ2v) is 7.05. The summed E-state index contributed by atoms with van der Waals surface area (Å²) in [4.78, 5) is 0. The van der Waals surface area contributed by atoms with Crippen molar-refractivity contribution in [3.63, 3.8) is 0 Å². The van der Waals surface area contributed by atoms with Gasteiger partial charge in [-0.25, -0.2) is 4.39 Å². The van der Waals surface area contributed by atoms with Crippen molar-refractivity contribution in [2.45, 2.75) is 46.3 Å². The fourth-order valence-electron chi connectivity index (χ4n) is 2.36. The Morgan fingerprint density at radius 1 is 1.04 bits per heavy atom. The molecule has 0 aliphatic carbocycles. The van der Waals surface area contributed by atoms with Crippen LogP contribution >= 0.6 is 0 Å². The van der Waals surface area contributed by atoms with Crippen LogP contribution < -0.4 is 4.74 Å². The van der Waals surface area contributed by atoms with Gasteiger partial charge in [-0.15, -0.1) is 0 Å². The van der Waals surface area contributed by atoms with Crippen LogP contribution in [0.3, 0.4) is 0 Å². The van der Waals surface area contributed by atoms with Crippen molar-refractivity contribution < 1.29 is 14.2 Å². The van der Waals surface area contributed by atoms with E-state index in [4.69, 9.17) is 4.74 Å². The van der Waals surface area contributed by atoms with Gasteiger partial charge in [0.05, 0.1) is 6.10 Å². The first-order valence-corrected chi connectivity index (χ1v) is 8.00. The molecule has 0 amide bonds. The lowest BCUT2D eigenvalue weighted by Gasteiger charge is -2.21. The summed E-state index contributed by atoms with van der Waals surface area (Å²) in [5.74, 6) is -0.286. The fourth-order valence-corrected chi connectivity index (χ4v) is 2.36. The third kappa shape index (κ3) is 5.36. The molecule has 3 heteroatoms. The first-order chi connectivity index (χ1) is 10.9. The average Bonchev–Trinajstić information content (AvgIpc) is 2.52. The number of benzene rings is 2. The van der Waals surface area contributed by atoms with Crippen LogP contribution in [0, 0.1) is 11.2 Å². The predicted octanol–water partition coefficient (Wildman–Crippen LogP) is 5.26. The standard InChI is InChI=1S/C20H25FO2/c1-20(2,3)13-12-17(22)16-10-7-11-18(19(16)21)23-14-15-8-5-4-6-9-15/h4-11,17,22H,12-14H2,1-3H3/t17-/m0/s1. The molecule has 0 radical (unpaired) electrons. The molecule has 0 spiro atoms. The zero-order valence-corrected chi connectivity index (χ0v) is 14.1. The van der Waals surface area contributed by atoms with Crippen molar-refractivity contribution in [2.75, 3.05) is 0 Å². The van der Waals surface area contributed by atoms with Crippen LogP contribution in [-0.4, -0.2) is 5.11 Å². The lowest BCUT2D eigenvalue weighted by Crippen LogP contribution is -2.09. The Hall–Kier alpha value is -1.87. The number of aliphatic hydroxyl groups excluding tert-OH is 1. The van der Waals surface area contributed by atoms with E-state index in [1.54, 1.807) is 18.2 Å². The van der Waals surface area contributed by atoms with Gasteiger partial charge in [-0.3, -0.25) is 0 Å². The molecule has 0 saturated heterocycles. The number of ether oxygens (including phenoxy) is 1. The van der Waals surface area contributed by atoms with Gasteiger partial charge in [0.25, 0.3) is 0 Å². The highest BCUT2D eigenvalue weighted by atomic mass is 19.1. The van der Waals surface area contributed by atoms with Gasteiger partial charge in [-0.1, -0.05) is 63.2 Å². The van der Waals surface area contributed by atoms with Crippen LogP contribution in [0.2, 0.25) is 0 Å². The van der Waals surface area contributed by atoms with Gasteiger partial charge < -0.3 is 9.84 Å². The maximum absolute atomic E-state index is 14.6. The smallest absolute Gasteiger partial charge is 0.170 e. The van der Waals surface area contributed by atoms with E-state index in [0.29, 0.717) is 18.6 Å². The van der Waals surface area contributed by atoms with E-state index < -0.39 is 11.9 Å². The molecule has 0 saturated carbocycles. The summed E-state index contributed by atoms with van der Waals surface area (Å²) in [6.45, 7) is 6.62. The van der Waals surface area contributed by atoms with E-state index in [1.807, 2.05) is 30.3 Å². The van der Waals surface area contributed by atoms with Gasteiger partial charge >= 0.3 is 0 Å². The number of aliphatic hydroxyl groups is 1. The molecule has 23 heavy (non-hydrogen) atoms. The Bertz CT molecular complexity index is 617. The Morgan fingerprint density at radius 2 is 1.74 bits per heavy atom. The summed E-state index contributed by atoms with van der Waals surface area (Å²) < 4.78 is 20.1. The minimum absolute atomic E-state index is 0.110. The van der Waals surface area contributed by atoms with Crippen LogP contribution in [0.25, 0.3) is 0 Å². The molecule has 0 fully saturated rings. The topological polar surface area (TPSA) is 29.5 Å². The first-order valence-electron chi connectivity index (χ1n) is 8.00. The Labute approximate surface area is 137 Å². The molecular weight excluding hydrogens is 291 g/mol. The monoisotopic (exact) mass is 316 g/mol. The molecule has 1 atom stereocenters. The quantitative estimate of drug-likeness (QED) is 0.787.